The van der Waals surface area contributed by atoms with Crippen LogP contribution in [0.1, 0.15) is 46.5 Å². The molecular weight excluding hydrogens is 228 g/mol. The molecule has 0 bridgehead atoms. The Morgan fingerprint density at radius 2 is 2.00 bits per heavy atom. The summed E-state index contributed by atoms with van der Waals surface area (Å²) in [5.74, 6) is 0.653. The van der Waals surface area contributed by atoms with E-state index in [0.717, 1.165) is 39.0 Å². The van der Waals surface area contributed by atoms with Crippen LogP contribution in [-0.4, -0.2) is 31.7 Å². The highest BCUT2D eigenvalue weighted by atomic mass is 16.5. The van der Waals surface area contributed by atoms with Crippen molar-refractivity contribution in [2.75, 3.05) is 19.8 Å². The first kappa shape index (κ1) is 15.4. The van der Waals surface area contributed by atoms with E-state index >= 15 is 0 Å². The highest BCUT2D eigenvalue weighted by Crippen LogP contribution is 2.21. The van der Waals surface area contributed by atoms with Gasteiger partial charge >= 0.3 is 0 Å². The SMILES string of the molecule is CC(C)(C)CC(N)CC(=O)NCC1CCOCC1. The van der Waals surface area contributed by atoms with Crippen LogP contribution in [0.5, 0.6) is 0 Å². The van der Waals surface area contributed by atoms with Gasteiger partial charge in [-0.15, -0.1) is 0 Å². The van der Waals surface area contributed by atoms with Crippen LogP contribution in [0.15, 0.2) is 0 Å². The molecule has 1 unspecified atom stereocenters. The molecule has 1 rings (SSSR count). The van der Waals surface area contributed by atoms with Crippen molar-refractivity contribution in [2.24, 2.45) is 17.1 Å². The predicted octanol–water partition coefficient (Wildman–Crippen LogP) is 1.68. The second-order valence-corrected chi connectivity index (χ2v) is 6.59. The van der Waals surface area contributed by atoms with E-state index in [2.05, 4.69) is 26.1 Å². The summed E-state index contributed by atoms with van der Waals surface area (Å²) in [6.45, 7) is 8.85. The van der Waals surface area contributed by atoms with E-state index < -0.39 is 0 Å². The van der Waals surface area contributed by atoms with E-state index in [4.69, 9.17) is 10.5 Å². The monoisotopic (exact) mass is 256 g/mol. The Hall–Kier alpha value is -0.610. The van der Waals surface area contributed by atoms with Gasteiger partial charge in [0.2, 0.25) is 5.91 Å². The topological polar surface area (TPSA) is 64.4 Å². The molecular formula is C14H28N2O2. The van der Waals surface area contributed by atoms with Crippen LogP contribution in [-0.2, 0) is 9.53 Å². The van der Waals surface area contributed by atoms with E-state index in [0.29, 0.717) is 12.3 Å². The van der Waals surface area contributed by atoms with Crippen molar-refractivity contribution in [2.45, 2.75) is 52.5 Å². The van der Waals surface area contributed by atoms with Crippen molar-refractivity contribution in [3.8, 4) is 0 Å². The molecule has 1 saturated heterocycles. The van der Waals surface area contributed by atoms with Gasteiger partial charge in [0, 0.05) is 32.2 Å². The smallest absolute Gasteiger partial charge is 0.221 e. The van der Waals surface area contributed by atoms with Crippen LogP contribution in [0.3, 0.4) is 0 Å². The maximum Gasteiger partial charge on any atom is 0.221 e. The van der Waals surface area contributed by atoms with E-state index in [1.807, 2.05) is 0 Å². The largest absolute Gasteiger partial charge is 0.381 e. The Morgan fingerprint density at radius 1 is 1.39 bits per heavy atom. The fraction of sp³-hybridized carbons (Fsp3) is 0.929. The average Bonchev–Trinajstić information content (AvgIpc) is 2.25. The fourth-order valence-corrected chi connectivity index (χ4v) is 2.38. The summed E-state index contributed by atoms with van der Waals surface area (Å²) in [7, 11) is 0. The number of hydrogen-bond acceptors (Lipinski definition) is 3. The second-order valence-electron chi connectivity index (χ2n) is 6.59. The summed E-state index contributed by atoms with van der Waals surface area (Å²) < 4.78 is 5.29. The molecule has 0 aromatic rings. The Labute approximate surface area is 111 Å². The lowest BCUT2D eigenvalue weighted by Gasteiger charge is -2.24. The van der Waals surface area contributed by atoms with Crippen molar-refractivity contribution >= 4 is 5.91 Å². The van der Waals surface area contributed by atoms with Gasteiger partial charge in [-0.2, -0.15) is 0 Å². The molecule has 0 aliphatic carbocycles. The van der Waals surface area contributed by atoms with Gasteiger partial charge < -0.3 is 15.8 Å². The van der Waals surface area contributed by atoms with Gasteiger partial charge in [-0.1, -0.05) is 20.8 Å². The number of nitrogens with one attached hydrogen (secondary N) is 1. The number of ether oxygens (including phenoxy) is 1. The summed E-state index contributed by atoms with van der Waals surface area (Å²) >= 11 is 0. The van der Waals surface area contributed by atoms with Gasteiger partial charge in [-0.25, -0.2) is 0 Å². The lowest BCUT2D eigenvalue weighted by atomic mass is 9.87. The van der Waals surface area contributed by atoms with E-state index in [1.165, 1.54) is 0 Å². The van der Waals surface area contributed by atoms with Crippen LogP contribution < -0.4 is 11.1 Å². The predicted molar refractivity (Wildman–Crippen MR) is 73.2 cm³/mol. The van der Waals surface area contributed by atoms with Gasteiger partial charge in [0.1, 0.15) is 0 Å². The van der Waals surface area contributed by atoms with Crippen LogP contribution in [0.25, 0.3) is 0 Å². The number of amides is 1. The Bertz CT molecular complexity index is 255. The molecule has 1 atom stereocenters. The molecule has 1 aliphatic rings. The maximum atomic E-state index is 11.8. The Balaban J connectivity index is 2.16. The number of carbonyl (C=O) groups is 1. The number of rotatable bonds is 5. The third kappa shape index (κ3) is 6.97. The summed E-state index contributed by atoms with van der Waals surface area (Å²) in [4.78, 5) is 11.8. The van der Waals surface area contributed by atoms with Gasteiger partial charge in [0.05, 0.1) is 0 Å². The molecule has 1 aliphatic heterocycles. The summed E-state index contributed by atoms with van der Waals surface area (Å²) in [5.41, 5.74) is 6.17. The molecule has 0 spiro atoms. The first-order chi connectivity index (χ1) is 8.37. The van der Waals surface area contributed by atoms with Crippen LogP contribution >= 0.6 is 0 Å². The molecule has 18 heavy (non-hydrogen) atoms. The van der Waals surface area contributed by atoms with Crippen LogP contribution in [0.2, 0.25) is 0 Å². The number of hydrogen-bond donors (Lipinski definition) is 2. The summed E-state index contributed by atoms with van der Waals surface area (Å²) in [6, 6.07) is -0.0420. The first-order valence-corrected chi connectivity index (χ1v) is 6.97. The molecule has 0 aromatic carbocycles. The quantitative estimate of drug-likeness (QED) is 0.786. The van der Waals surface area contributed by atoms with Gasteiger partial charge in [0.15, 0.2) is 0 Å². The first-order valence-electron chi connectivity index (χ1n) is 6.97. The Morgan fingerprint density at radius 3 is 2.56 bits per heavy atom. The maximum absolute atomic E-state index is 11.8. The lowest BCUT2D eigenvalue weighted by Crippen LogP contribution is -2.37. The third-order valence-electron chi connectivity index (χ3n) is 3.25. The lowest BCUT2D eigenvalue weighted by molar-refractivity contribution is -0.121. The second kappa shape index (κ2) is 7.10. The molecule has 4 heteroatoms. The van der Waals surface area contributed by atoms with Crippen LogP contribution in [0.4, 0.5) is 0 Å². The highest BCUT2D eigenvalue weighted by molar-refractivity contribution is 5.76. The fourth-order valence-electron chi connectivity index (χ4n) is 2.38. The van der Waals surface area contributed by atoms with Crippen molar-refractivity contribution < 1.29 is 9.53 Å². The molecule has 106 valence electrons. The summed E-state index contributed by atoms with van der Waals surface area (Å²) in [6.07, 6.45) is 3.40. The zero-order valence-corrected chi connectivity index (χ0v) is 12.0. The molecule has 0 radical (unpaired) electrons. The van der Waals surface area contributed by atoms with Crippen molar-refractivity contribution in [3.05, 3.63) is 0 Å². The van der Waals surface area contributed by atoms with Gasteiger partial charge in [-0.05, 0) is 30.6 Å². The third-order valence-corrected chi connectivity index (χ3v) is 3.25. The average molecular weight is 256 g/mol. The van der Waals surface area contributed by atoms with Crippen molar-refractivity contribution in [1.82, 2.24) is 5.32 Å². The van der Waals surface area contributed by atoms with E-state index in [1.54, 1.807) is 0 Å². The van der Waals surface area contributed by atoms with Gasteiger partial charge in [0.25, 0.3) is 0 Å². The van der Waals surface area contributed by atoms with Crippen LogP contribution in [0, 0.1) is 11.3 Å². The zero-order valence-electron chi connectivity index (χ0n) is 12.0. The zero-order chi connectivity index (χ0) is 13.6. The molecule has 1 fully saturated rings. The number of nitrogens with two attached hydrogens (primary N) is 1. The standard InChI is InChI=1S/C14H28N2O2/c1-14(2,3)9-12(15)8-13(17)16-10-11-4-6-18-7-5-11/h11-12H,4-10,15H2,1-3H3,(H,16,17). The van der Waals surface area contributed by atoms with E-state index in [9.17, 15) is 4.79 Å². The summed E-state index contributed by atoms with van der Waals surface area (Å²) in [5, 5.41) is 2.99. The molecule has 0 aromatic heterocycles. The van der Waals surface area contributed by atoms with Gasteiger partial charge in [-0.3, -0.25) is 4.79 Å². The molecule has 1 amide bonds. The minimum atomic E-state index is -0.0420. The highest BCUT2D eigenvalue weighted by Gasteiger charge is 2.19. The normalized spacial score (nSPS) is 19.6. The molecule has 4 nitrogen and oxygen atoms in total. The molecule has 0 saturated carbocycles. The molecule has 1 heterocycles. The minimum Gasteiger partial charge on any atom is -0.381 e. The van der Waals surface area contributed by atoms with E-state index in [-0.39, 0.29) is 17.4 Å². The minimum absolute atomic E-state index is 0.0420. The molecule has 3 N–H and O–H groups in total. The number of carbonyl (C=O) groups excluding carboxylic acids is 1. The van der Waals surface area contributed by atoms with Crippen molar-refractivity contribution in [1.29, 1.82) is 0 Å². The van der Waals surface area contributed by atoms with Crippen molar-refractivity contribution in [3.63, 3.8) is 0 Å². The Kier molecular flexibility index (Phi) is 6.09.